The van der Waals surface area contributed by atoms with Gasteiger partial charge >= 0.3 is 5.97 Å². The van der Waals surface area contributed by atoms with Gasteiger partial charge in [0, 0.05) is 11.8 Å². The van der Waals surface area contributed by atoms with Crippen LogP contribution in [0.3, 0.4) is 0 Å². The van der Waals surface area contributed by atoms with Gasteiger partial charge in [0.1, 0.15) is 6.61 Å². The zero-order chi connectivity index (χ0) is 10.8. The fourth-order valence-electron chi connectivity index (χ4n) is 1.21. The molecular weight excluding hydrogens is 237 g/mol. The van der Waals surface area contributed by atoms with Crippen LogP contribution in [0.4, 0.5) is 5.69 Å². The first kappa shape index (κ1) is 10.3. The molecule has 1 heterocycles. The molecule has 0 saturated carbocycles. The number of cyclic esters (lactones) is 1. The first-order valence-corrected chi connectivity index (χ1v) is 5.00. The van der Waals surface area contributed by atoms with Gasteiger partial charge in [0.2, 0.25) is 0 Å². The zero-order valence-electron chi connectivity index (χ0n) is 7.59. The number of hydrogen-bond donors (Lipinski definition) is 1. The topological polar surface area (TPSA) is 38.3 Å². The van der Waals surface area contributed by atoms with Crippen molar-refractivity contribution in [3.63, 3.8) is 0 Å². The van der Waals surface area contributed by atoms with E-state index in [1.165, 1.54) is 6.08 Å². The largest absolute Gasteiger partial charge is 0.456 e. The van der Waals surface area contributed by atoms with Gasteiger partial charge in [0.25, 0.3) is 0 Å². The lowest BCUT2D eigenvalue weighted by atomic mass is 10.3. The van der Waals surface area contributed by atoms with Crippen LogP contribution < -0.4 is 5.32 Å². The molecule has 0 atom stereocenters. The van der Waals surface area contributed by atoms with Crippen LogP contribution in [-0.2, 0) is 9.53 Å². The van der Waals surface area contributed by atoms with E-state index in [1.54, 1.807) is 18.2 Å². The predicted molar refractivity (Wildman–Crippen MR) is 59.1 cm³/mol. The van der Waals surface area contributed by atoms with E-state index < -0.39 is 0 Å². The smallest absolute Gasteiger partial charge is 0.333 e. The number of carbonyl (C=O) groups is 1. The fraction of sp³-hybridized carbons (Fsp3) is 0.100. The van der Waals surface area contributed by atoms with Crippen LogP contribution in [0, 0.1) is 0 Å². The molecule has 0 fully saturated rings. The Hall–Kier alpha value is -1.19. The average molecular weight is 244 g/mol. The molecule has 0 saturated heterocycles. The van der Waals surface area contributed by atoms with Crippen LogP contribution in [0.2, 0.25) is 10.0 Å². The summed E-state index contributed by atoms with van der Waals surface area (Å²) >= 11 is 11.6. The molecule has 1 aromatic carbocycles. The number of esters is 1. The Balaban J connectivity index is 2.14. The Bertz CT molecular complexity index is 443. The second-order valence-electron chi connectivity index (χ2n) is 3.03. The number of halogens is 2. The van der Waals surface area contributed by atoms with Crippen molar-refractivity contribution in [1.82, 2.24) is 0 Å². The van der Waals surface area contributed by atoms with Gasteiger partial charge in [-0.15, -0.1) is 0 Å². The van der Waals surface area contributed by atoms with Crippen molar-refractivity contribution in [2.45, 2.75) is 0 Å². The summed E-state index contributed by atoms with van der Waals surface area (Å²) in [5, 5.41) is 3.97. The number of hydrogen-bond acceptors (Lipinski definition) is 3. The fourth-order valence-corrected chi connectivity index (χ4v) is 1.50. The maximum atomic E-state index is 10.8. The number of benzene rings is 1. The first-order chi connectivity index (χ1) is 7.15. The van der Waals surface area contributed by atoms with Crippen LogP contribution in [0.1, 0.15) is 0 Å². The van der Waals surface area contributed by atoms with E-state index in [1.807, 2.05) is 0 Å². The minimum atomic E-state index is -0.336. The molecule has 0 spiro atoms. The lowest BCUT2D eigenvalue weighted by Gasteiger charge is -2.06. The molecule has 1 aliphatic rings. The van der Waals surface area contributed by atoms with Gasteiger partial charge < -0.3 is 10.1 Å². The molecule has 5 heteroatoms. The van der Waals surface area contributed by atoms with E-state index in [0.717, 1.165) is 5.69 Å². The number of rotatable bonds is 2. The van der Waals surface area contributed by atoms with Crippen LogP contribution in [0.25, 0.3) is 0 Å². The molecular formula is C10H7Cl2NO2. The van der Waals surface area contributed by atoms with E-state index in [0.29, 0.717) is 15.7 Å². The molecule has 1 aromatic rings. The molecule has 2 rings (SSSR count). The summed E-state index contributed by atoms with van der Waals surface area (Å²) in [4.78, 5) is 10.8. The maximum absolute atomic E-state index is 10.8. The molecule has 0 aliphatic carbocycles. The van der Waals surface area contributed by atoms with Gasteiger partial charge in [0.15, 0.2) is 0 Å². The highest BCUT2D eigenvalue weighted by molar-refractivity contribution is 6.42. The Morgan fingerprint density at radius 2 is 2.07 bits per heavy atom. The summed E-state index contributed by atoms with van der Waals surface area (Å²) in [5.74, 6) is -0.336. The van der Waals surface area contributed by atoms with Crippen molar-refractivity contribution in [1.29, 1.82) is 0 Å². The lowest BCUT2D eigenvalue weighted by Crippen LogP contribution is -2.00. The summed E-state index contributed by atoms with van der Waals surface area (Å²) in [5.41, 5.74) is 1.48. The number of nitrogens with one attached hydrogen (secondary N) is 1. The molecule has 78 valence electrons. The SMILES string of the molecule is O=C1C=C(Nc2ccc(Cl)c(Cl)c2)CO1. The van der Waals surface area contributed by atoms with Crippen LogP contribution in [-0.4, -0.2) is 12.6 Å². The van der Waals surface area contributed by atoms with Crippen molar-refractivity contribution in [2.24, 2.45) is 0 Å². The molecule has 15 heavy (non-hydrogen) atoms. The third-order valence-corrected chi connectivity index (χ3v) is 2.63. The molecule has 0 bridgehead atoms. The van der Waals surface area contributed by atoms with Crippen LogP contribution in [0.15, 0.2) is 30.0 Å². The van der Waals surface area contributed by atoms with Crippen molar-refractivity contribution >= 4 is 34.9 Å². The van der Waals surface area contributed by atoms with Gasteiger partial charge in [-0.2, -0.15) is 0 Å². The minimum Gasteiger partial charge on any atom is -0.456 e. The maximum Gasteiger partial charge on any atom is 0.333 e. The van der Waals surface area contributed by atoms with E-state index in [-0.39, 0.29) is 12.6 Å². The third kappa shape index (κ3) is 2.43. The van der Waals surface area contributed by atoms with Crippen molar-refractivity contribution in [2.75, 3.05) is 11.9 Å². The van der Waals surface area contributed by atoms with Gasteiger partial charge in [-0.1, -0.05) is 23.2 Å². The molecule has 3 nitrogen and oxygen atoms in total. The molecule has 0 unspecified atom stereocenters. The highest BCUT2D eigenvalue weighted by Crippen LogP contribution is 2.26. The summed E-state index contributed by atoms with van der Waals surface area (Å²) in [6.45, 7) is 0.263. The number of ether oxygens (including phenoxy) is 1. The zero-order valence-corrected chi connectivity index (χ0v) is 9.10. The highest BCUT2D eigenvalue weighted by atomic mass is 35.5. The summed E-state index contributed by atoms with van der Waals surface area (Å²) in [7, 11) is 0. The predicted octanol–water partition coefficient (Wildman–Crippen LogP) is 2.85. The van der Waals surface area contributed by atoms with Gasteiger partial charge in [-0.3, -0.25) is 0 Å². The Labute approximate surface area is 96.6 Å². The summed E-state index contributed by atoms with van der Waals surface area (Å²) in [6, 6.07) is 5.15. The second kappa shape index (κ2) is 4.13. The van der Waals surface area contributed by atoms with Crippen molar-refractivity contribution in [3.05, 3.63) is 40.0 Å². The van der Waals surface area contributed by atoms with E-state index in [4.69, 9.17) is 27.9 Å². The van der Waals surface area contributed by atoms with E-state index in [9.17, 15) is 4.79 Å². The second-order valence-corrected chi connectivity index (χ2v) is 3.85. The van der Waals surface area contributed by atoms with Gasteiger partial charge in [-0.25, -0.2) is 4.79 Å². The Kier molecular flexibility index (Phi) is 2.84. The lowest BCUT2D eigenvalue weighted by molar-refractivity contribution is -0.134. The van der Waals surface area contributed by atoms with Gasteiger partial charge in [-0.05, 0) is 18.2 Å². The first-order valence-electron chi connectivity index (χ1n) is 4.24. The summed E-state index contributed by atoms with van der Waals surface area (Å²) in [6.07, 6.45) is 1.41. The Morgan fingerprint density at radius 1 is 1.27 bits per heavy atom. The molecule has 1 N–H and O–H groups in total. The van der Waals surface area contributed by atoms with E-state index >= 15 is 0 Å². The highest BCUT2D eigenvalue weighted by Gasteiger charge is 2.12. The molecule has 0 radical (unpaired) electrons. The normalized spacial score (nSPS) is 14.8. The number of anilines is 1. The van der Waals surface area contributed by atoms with Crippen molar-refractivity contribution < 1.29 is 9.53 Å². The minimum absolute atomic E-state index is 0.263. The molecule has 0 amide bonds. The molecule has 0 aromatic heterocycles. The van der Waals surface area contributed by atoms with Crippen LogP contribution in [0.5, 0.6) is 0 Å². The van der Waals surface area contributed by atoms with Crippen molar-refractivity contribution in [3.8, 4) is 0 Å². The van der Waals surface area contributed by atoms with E-state index in [2.05, 4.69) is 5.32 Å². The third-order valence-electron chi connectivity index (χ3n) is 1.89. The monoisotopic (exact) mass is 243 g/mol. The standard InChI is InChI=1S/C10H7Cl2NO2/c11-8-2-1-6(3-9(8)12)13-7-4-10(14)15-5-7/h1-4,13H,5H2. The number of carbonyl (C=O) groups excluding carboxylic acids is 1. The average Bonchev–Trinajstić information content (AvgIpc) is 2.58. The quantitative estimate of drug-likeness (QED) is 0.813. The van der Waals surface area contributed by atoms with Crippen LogP contribution >= 0.6 is 23.2 Å². The Morgan fingerprint density at radius 3 is 2.67 bits per heavy atom. The summed E-state index contributed by atoms with van der Waals surface area (Å²) < 4.78 is 4.74. The van der Waals surface area contributed by atoms with Gasteiger partial charge in [0.05, 0.1) is 15.7 Å². The molecule has 1 aliphatic heterocycles.